The largest absolute Gasteiger partial charge is 0.383 e. The molecule has 6 nitrogen and oxygen atoms in total. The standard InChI is InChI=1S/C15H21N5O/c1-21-11-10-19-15(20-16)18-9-7-13-5-2-4-12-6-3-8-17-14(12)13/h2-6,8H,7,9-11,16H2,1H3,(H2,18,19,20). The Morgan fingerprint density at radius 3 is 3.00 bits per heavy atom. The molecular formula is C15H21N5O. The first kappa shape index (κ1) is 15.2. The van der Waals surface area contributed by atoms with E-state index >= 15 is 0 Å². The van der Waals surface area contributed by atoms with E-state index in [0.717, 1.165) is 23.9 Å². The topological polar surface area (TPSA) is 84.6 Å². The lowest BCUT2D eigenvalue weighted by atomic mass is 10.1. The van der Waals surface area contributed by atoms with Crippen molar-refractivity contribution >= 4 is 16.9 Å². The number of aliphatic imine (C=N–C) groups is 1. The molecular weight excluding hydrogens is 266 g/mol. The van der Waals surface area contributed by atoms with Gasteiger partial charge in [0.1, 0.15) is 0 Å². The number of hydrogen-bond donors (Lipinski definition) is 3. The number of fused-ring (bicyclic) bond motifs is 1. The van der Waals surface area contributed by atoms with Gasteiger partial charge in [-0.2, -0.15) is 0 Å². The highest BCUT2D eigenvalue weighted by molar-refractivity contribution is 5.82. The number of ether oxygens (including phenoxy) is 1. The molecule has 0 fully saturated rings. The second-order valence-electron chi connectivity index (χ2n) is 4.54. The van der Waals surface area contributed by atoms with Gasteiger partial charge in [0, 0.05) is 25.2 Å². The molecule has 1 aromatic carbocycles. The van der Waals surface area contributed by atoms with Gasteiger partial charge in [-0.05, 0) is 18.1 Å². The first-order chi connectivity index (χ1) is 10.3. The van der Waals surface area contributed by atoms with Crippen LogP contribution in [-0.4, -0.2) is 37.7 Å². The molecule has 0 aliphatic heterocycles. The van der Waals surface area contributed by atoms with Gasteiger partial charge < -0.3 is 10.1 Å². The first-order valence-electron chi connectivity index (χ1n) is 6.91. The highest BCUT2D eigenvalue weighted by atomic mass is 16.5. The number of nitrogens with zero attached hydrogens (tertiary/aromatic N) is 2. The predicted molar refractivity (Wildman–Crippen MR) is 85.0 cm³/mol. The van der Waals surface area contributed by atoms with Crippen LogP contribution in [0.15, 0.2) is 41.5 Å². The molecule has 0 aliphatic rings. The molecule has 21 heavy (non-hydrogen) atoms. The van der Waals surface area contributed by atoms with E-state index in [9.17, 15) is 0 Å². The van der Waals surface area contributed by atoms with Gasteiger partial charge in [0.2, 0.25) is 5.96 Å². The zero-order valence-corrected chi connectivity index (χ0v) is 12.2. The summed E-state index contributed by atoms with van der Waals surface area (Å²) in [5, 5.41) is 4.33. The van der Waals surface area contributed by atoms with Crippen LogP contribution in [0.5, 0.6) is 0 Å². The van der Waals surface area contributed by atoms with Gasteiger partial charge in [0.15, 0.2) is 0 Å². The van der Waals surface area contributed by atoms with Gasteiger partial charge in [0.05, 0.1) is 18.7 Å². The first-order valence-corrected chi connectivity index (χ1v) is 6.91. The van der Waals surface area contributed by atoms with Gasteiger partial charge in [-0.1, -0.05) is 24.3 Å². The van der Waals surface area contributed by atoms with Gasteiger partial charge >= 0.3 is 0 Å². The third-order valence-corrected chi connectivity index (χ3v) is 3.11. The number of aromatic nitrogens is 1. The Kier molecular flexibility index (Phi) is 5.93. The number of nitrogens with two attached hydrogens (primary N) is 1. The van der Waals surface area contributed by atoms with Crippen molar-refractivity contribution in [3.05, 3.63) is 42.1 Å². The van der Waals surface area contributed by atoms with Crippen LogP contribution >= 0.6 is 0 Å². The Hall–Kier alpha value is -2.18. The summed E-state index contributed by atoms with van der Waals surface area (Å²) in [5.74, 6) is 6.00. The number of pyridine rings is 1. The molecule has 0 unspecified atom stereocenters. The van der Waals surface area contributed by atoms with Crippen LogP contribution in [0.2, 0.25) is 0 Å². The molecule has 0 radical (unpaired) electrons. The monoisotopic (exact) mass is 287 g/mol. The van der Waals surface area contributed by atoms with Gasteiger partial charge in [0.25, 0.3) is 0 Å². The van der Waals surface area contributed by atoms with E-state index in [1.165, 1.54) is 5.56 Å². The molecule has 2 rings (SSSR count). The lowest BCUT2D eigenvalue weighted by Gasteiger charge is -2.10. The van der Waals surface area contributed by atoms with Crippen LogP contribution in [-0.2, 0) is 11.2 Å². The number of guanidine groups is 1. The average Bonchev–Trinajstić information content (AvgIpc) is 2.53. The third-order valence-electron chi connectivity index (χ3n) is 3.11. The maximum absolute atomic E-state index is 5.43. The van der Waals surface area contributed by atoms with E-state index in [1.807, 2.05) is 18.3 Å². The molecule has 0 spiro atoms. The smallest absolute Gasteiger partial charge is 0.205 e. The number of para-hydroxylation sites is 1. The summed E-state index contributed by atoms with van der Waals surface area (Å²) in [5.41, 5.74) is 4.80. The van der Waals surface area contributed by atoms with Gasteiger partial charge in [-0.15, -0.1) is 0 Å². The summed E-state index contributed by atoms with van der Waals surface area (Å²) < 4.78 is 4.95. The molecule has 1 heterocycles. The summed E-state index contributed by atoms with van der Waals surface area (Å²) in [7, 11) is 1.64. The normalized spacial score (nSPS) is 11.6. The number of hydrazine groups is 1. The average molecular weight is 287 g/mol. The van der Waals surface area contributed by atoms with E-state index in [2.05, 4.69) is 38.9 Å². The molecule has 0 bridgehead atoms. The highest BCUT2D eigenvalue weighted by Crippen LogP contribution is 2.15. The Morgan fingerprint density at radius 2 is 2.19 bits per heavy atom. The number of nitrogens with one attached hydrogen (secondary N) is 2. The molecule has 1 aromatic heterocycles. The summed E-state index contributed by atoms with van der Waals surface area (Å²) >= 11 is 0. The molecule has 6 heteroatoms. The number of methoxy groups -OCH3 is 1. The van der Waals surface area contributed by atoms with E-state index in [1.54, 1.807) is 7.11 Å². The number of benzene rings is 1. The van der Waals surface area contributed by atoms with Crippen molar-refractivity contribution in [2.45, 2.75) is 6.42 Å². The molecule has 0 atom stereocenters. The fraction of sp³-hybridized carbons (Fsp3) is 0.333. The summed E-state index contributed by atoms with van der Waals surface area (Å²) in [4.78, 5) is 8.70. The molecule has 112 valence electrons. The van der Waals surface area contributed by atoms with Crippen LogP contribution in [0.25, 0.3) is 10.9 Å². The minimum atomic E-state index is 0.568. The summed E-state index contributed by atoms with van der Waals surface area (Å²) in [6, 6.07) is 10.2. The molecule has 0 saturated carbocycles. The molecule has 0 aliphatic carbocycles. The zero-order valence-electron chi connectivity index (χ0n) is 12.2. The lowest BCUT2D eigenvalue weighted by Crippen LogP contribution is -2.42. The lowest BCUT2D eigenvalue weighted by molar-refractivity contribution is 0.208. The van der Waals surface area contributed by atoms with Crippen molar-refractivity contribution in [3.8, 4) is 0 Å². The van der Waals surface area contributed by atoms with E-state index in [-0.39, 0.29) is 0 Å². The van der Waals surface area contributed by atoms with Crippen LogP contribution in [0.4, 0.5) is 0 Å². The van der Waals surface area contributed by atoms with Crippen molar-refractivity contribution in [2.75, 3.05) is 26.8 Å². The Morgan fingerprint density at radius 1 is 1.33 bits per heavy atom. The van der Waals surface area contributed by atoms with Crippen LogP contribution < -0.4 is 16.6 Å². The molecule has 0 amide bonds. The van der Waals surface area contributed by atoms with E-state index < -0.39 is 0 Å². The maximum atomic E-state index is 5.43. The third kappa shape index (κ3) is 4.40. The van der Waals surface area contributed by atoms with Gasteiger partial charge in [-0.25, -0.2) is 10.8 Å². The Balaban J connectivity index is 1.94. The second kappa shape index (κ2) is 8.18. The summed E-state index contributed by atoms with van der Waals surface area (Å²) in [6.07, 6.45) is 2.66. The van der Waals surface area contributed by atoms with Crippen molar-refractivity contribution in [1.82, 2.24) is 15.7 Å². The predicted octanol–water partition coefficient (Wildman–Crippen LogP) is 0.833. The Bertz CT molecular complexity index is 594. The number of hydrogen-bond acceptors (Lipinski definition) is 4. The number of rotatable bonds is 6. The molecule has 4 N–H and O–H groups in total. The summed E-state index contributed by atoms with van der Waals surface area (Å²) in [6.45, 7) is 1.87. The van der Waals surface area contributed by atoms with Crippen LogP contribution in [0.3, 0.4) is 0 Å². The van der Waals surface area contributed by atoms with Crippen molar-refractivity contribution < 1.29 is 4.74 Å². The van der Waals surface area contributed by atoms with Crippen LogP contribution in [0.1, 0.15) is 5.56 Å². The highest BCUT2D eigenvalue weighted by Gasteiger charge is 2.02. The SMILES string of the molecule is COCCN=C(NN)NCCc1cccc2cccnc12. The zero-order chi connectivity index (χ0) is 14.9. The fourth-order valence-electron chi connectivity index (χ4n) is 2.09. The van der Waals surface area contributed by atoms with E-state index in [0.29, 0.717) is 19.1 Å². The Labute approximate surface area is 124 Å². The molecule has 2 aromatic rings. The minimum Gasteiger partial charge on any atom is -0.383 e. The van der Waals surface area contributed by atoms with Gasteiger partial charge in [-0.3, -0.25) is 10.4 Å². The van der Waals surface area contributed by atoms with Crippen molar-refractivity contribution in [2.24, 2.45) is 10.8 Å². The second-order valence-corrected chi connectivity index (χ2v) is 4.54. The minimum absolute atomic E-state index is 0.568. The van der Waals surface area contributed by atoms with E-state index in [4.69, 9.17) is 10.6 Å². The fourth-order valence-corrected chi connectivity index (χ4v) is 2.09. The molecule has 0 saturated heterocycles. The quantitative estimate of drug-likeness (QED) is 0.241. The van der Waals surface area contributed by atoms with Crippen molar-refractivity contribution in [1.29, 1.82) is 0 Å². The maximum Gasteiger partial charge on any atom is 0.205 e. The van der Waals surface area contributed by atoms with Crippen LogP contribution in [0, 0.1) is 0 Å². The van der Waals surface area contributed by atoms with Crippen molar-refractivity contribution in [3.63, 3.8) is 0 Å².